The van der Waals surface area contributed by atoms with Crippen molar-refractivity contribution in [2.45, 2.75) is 12.8 Å². The van der Waals surface area contributed by atoms with E-state index < -0.39 is 11.9 Å². The summed E-state index contributed by atoms with van der Waals surface area (Å²) in [5, 5.41) is 14.5. The van der Waals surface area contributed by atoms with E-state index in [9.17, 15) is 18.3 Å². The molecule has 3 aromatic rings. The molecule has 0 spiro atoms. The maximum absolute atomic E-state index is 12.9. The molecule has 1 aromatic heterocycles. The van der Waals surface area contributed by atoms with Crippen LogP contribution in [0.15, 0.2) is 46.9 Å². The molecule has 0 amide bonds. The monoisotopic (exact) mass is 460 g/mol. The minimum atomic E-state index is -4.56. The van der Waals surface area contributed by atoms with Crippen LogP contribution in [0.3, 0.4) is 0 Å². The predicted octanol–water partition coefficient (Wildman–Crippen LogP) is 5.81. The van der Waals surface area contributed by atoms with Crippen molar-refractivity contribution in [3.8, 4) is 22.8 Å². The highest BCUT2D eigenvalue weighted by molar-refractivity contribution is 9.10. The summed E-state index contributed by atoms with van der Waals surface area (Å²) in [4.78, 5) is 0. The fourth-order valence-corrected chi connectivity index (χ4v) is 3.05. The number of hydrogen-bond acceptors (Lipinski definition) is 3. The van der Waals surface area contributed by atoms with Gasteiger partial charge in [-0.2, -0.15) is 18.3 Å². The lowest BCUT2D eigenvalue weighted by Crippen LogP contribution is -2.06. The molecule has 1 N–H and O–H groups in total. The Labute approximate surface area is 166 Å². The van der Waals surface area contributed by atoms with Gasteiger partial charge in [0.15, 0.2) is 5.69 Å². The Balaban J connectivity index is 1.87. The number of benzene rings is 2. The highest BCUT2D eigenvalue weighted by Crippen LogP contribution is 2.42. The summed E-state index contributed by atoms with van der Waals surface area (Å²) in [5.74, 6) is 0.116. The summed E-state index contributed by atoms with van der Waals surface area (Å²) in [6.45, 7) is 0.235. The van der Waals surface area contributed by atoms with Crippen LogP contribution in [0.4, 0.5) is 13.2 Å². The van der Waals surface area contributed by atoms with Crippen LogP contribution in [0.25, 0.3) is 11.3 Å². The summed E-state index contributed by atoms with van der Waals surface area (Å²) in [6.07, 6.45) is -4.56. The number of halogens is 5. The van der Waals surface area contributed by atoms with Gasteiger partial charge in [-0.15, -0.1) is 0 Å². The van der Waals surface area contributed by atoms with Crippen molar-refractivity contribution in [3.63, 3.8) is 0 Å². The molecule has 2 aromatic carbocycles. The highest BCUT2D eigenvalue weighted by Gasteiger charge is 2.35. The van der Waals surface area contributed by atoms with Gasteiger partial charge in [-0.25, -0.2) is 0 Å². The number of aromatic nitrogens is 2. The third kappa shape index (κ3) is 4.22. The van der Waals surface area contributed by atoms with Gasteiger partial charge in [0, 0.05) is 17.6 Å². The van der Waals surface area contributed by atoms with E-state index in [1.807, 2.05) is 0 Å². The van der Waals surface area contributed by atoms with Gasteiger partial charge in [-0.05, 0) is 51.8 Å². The van der Waals surface area contributed by atoms with Crippen LogP contribution in [0.1, 0.15) is 11.3 Å². The minimum absolute atomic E-state index is 0.129. The van der Waals surface area contributed by atoms with Crippen molar-refractivity contribution in [1.29, 1.82) is 0 Å². The zero-order valence-corrected chi connectivity index (χ0v) is 16.2. The Morgan fingerprint density at radius 1 is 1.19 bits per heavy atom. The smallest absolute Gasteiger partial charge is 0.435 e. The van der Waals surface area contributed by atoms with E-state index in [-0.39, 0.29) is 28.1 Å². The Hall–Kier alpha value is -2.19. The molecule has 0 aliphatic heterocycles. The van der Waals surface area contributed by atoms with Gasteiger partial charge in [0.25, 0.3) is 0 Å². The third-order valence-corrected chi connectivity index (χ3v) is 4.85. The maximum Gasteiger partial charge on any atom is 0.435 e. The summed E-state index contributed by atoms with van der Waals surface area (Å²) >= 11 is 9.07. The number of phenolic OH excluding ortho intramolecular Hbond substituents is 1. The van der Waals surface area contributed by atoms with Gasteiger partial charge < -0.3 is 9.84 Å². The second-order valence-corrected chi connectivity index (χ2v) is 6.95. The molecule has 27 heavy (non-hydrogen) atoms. The van der Waals surface area contributed by atoms with Crippen molar-refractivity contribution in [2.24, 2.45) is 7.05 Å². The second-order valence-electron chi connectivity index (χ2n) is 5.73. The minimum Gasteiger partial charge on any atom is -0.506 e. The molecule has 142 valence electrons. The molecule has 3 rings (SSSR count). The molecule has 0 fully saturated rings. The lowest BCUT2D eigenvalue weighted by Gasteiger charge is -2.12. The highest BCUT2D eigenvalue weighted by atomic mass is 79.9. The Bertz CT molecular complexity index is 972. The standard InChI is InChI=1S/C18H13BrClF3N2O2/c1-25-13(8-15(24-25)18(21,22)23)12-6-7-14(16(19)17(12)26)27-9-10-2-4-11(20)5-3-10/h2-8,26H,9H2,1H3. The van der Waals surface area contributed by atoms with E-state index in [0.717, 1.165) is 16.3 Å². The Morgan fingerprint density at radius 3 is 2.44 bits per heavy atom. The molecule has 0 radical (unpaired) electrons. The largest absolute Gasteiger partial charge is 0.506 e. The predicted molar refractivity (Wildman–Crippen MR) is 98.8 cm³/mol. The normalized spacial score (nSPS) is 11.6. The number of rotatable bonds is 4. The van der Waals surface area contributed by atoms with Crippen molar-refractivity contribution in [1.82, 2.24) is 9.78 Å². The molecule has 0 aliphatic rings. The first kappa shape index (κ1) is 19.6. The van der Waals surface area contributed by atoms with Crippen LogP contribution in [0.5, 0.6) is 11.5 Å². The van der Waals surface area contributed by atoms with Crippen LogP contribution in [-0.2, 0) is 19.8 Å². The zero-order valence-electron chi connectivity index (χ0n) is 13.9. The number of nitrogens with zero attached hydrogens (tertiary/aromatic N) is 2. The van der Waals surface area contributed by atoms with Crippen LogP contribution in [0.2, 0.25) is 5.02 Å². The molecule has 0 saturated heterocycles. The summed E-state index contributed by atoms with van der Waals surface area (Å²) in [6, 6.07) is 11.0. The number of ether oxygens (including phenoxy) is 1. The number of alkyl halides is 3. The SMILES string of the molecule is Cn1nc(C(F)(F)F)cc1-c1ccc(OCc2ccc(Cl)cc2)c(Br)c1O. The average molecular weight is 462 g/mol. The summed E-state index contributed by atoms with van der Waals surface area (Å²) in [7, 11) is 1.38. The Morgan fingerprint density at radius 2 is 1.85 bits per heavy atom. The fourth-order valence-electron chi connectivity index (χ4n) is 2.46. The molecule has 0 aliphatic carbocycles. The molecule has 0 bridgehead atoms. The number of aromatic hydroxyl groups is 1. The molecule has 0 unspecified atom stereocenters. The molecule has 0 saturated carbocycles. The van der Waals surface area contributed by atoms with Crippen molar-refractivity contribution >= 4 is 27.5 Å². The molecular formula is C18H13BrClF3N2O2. The quantitative estimate of drug-likeness (QED) is 0.534. The van der Waals surface area contributed by atoms with Gasteiger partial charge in [-0.1, -0.05) is 23.7 Å². The molecule has 9 heteroatoms. The van der Waals surface area contributed by atoms with Crippen molar-refractivity contribution < 1.29 is 23.0 Å². The van der Waals surface area contributed by atoms with E-state index in [1.54, 1.807) is 30.3 Å². The van der Waals surface area contributed by atoms with Gasteiger partial charge in [0.2, 0.25) is 0 Å². The summed E-state index contributed by atoms with van der Waals surface area (Å²) < 4.78 is 45.5. The first-order valence-electron chi connectivity index (χ1n) is 7.67. The van der Waals surface area contributed by atoms with Gasteiger partial charge in [0.1, 0.15) is 22.6 Å². The molecule has 1 heterocycles. The number of aryl methyl sites for hydroxylation is 1. The van der Waals surface area contributed by atoms with E-state index in [0.29, 0.717) is 10.8 Å². The van der Waals surface area contributed by atoms with Gasteiger partial charge in [-0.3, -0.25) is 4.68 Å². The van der Waals surface area contributed by atoms with Gasteiger partial charge in [0.05, 0.1) is 5.69 Å². The first-order chi connectivity index (χ1) is 12.7. The van der Waals surface area contributed by atoms with Crippen molar-refractivity contribution in [2.75, 3.05) is 0 Å². The lowest BCUT2D eigenvalue weighted by molar-refractivity contribution is -0.141. The van der Waals surface area contributed by atoms with Crippen LogP contribution in [0, 0.1) is 0 Å². The van der Waals surface area contributed by atoms with Crippen LogP contribution in [-0.4, -0.2) is 14.9 Å². The second kappa shape index (κ2) is 7.44. The maximum atomic E-state index is 12.9. The van der Waals surface area contributed by atoms with E-state index >= 15 is 0 Å². The van der Waals surface area contributed by atoms with E-state index in [2.05, 4.69) is 21.0 Å². The zero-order chi connectivity index (χ0) is 19.8. The Kier molecular flexibility index (Phi) is 5.39. The third-order valence-electron chi connectivity index (χ3n) is 3.83. The fraction of sp³-hybridized carbons (Fsp3) is 0.167. The van der Waals surface area contributed by atoms with Crippen LogP contribution >= 0.6 is 27.5 Å². The lowest BCUT2D eigenvalue weighted by atomic mass is 10.1. The van der Waals surface area contributed by atoms with Crippen molar-refractivity contribution in [3.05, 3.63) is 63.2 Å². The first-order valence-corrected chi connectivity index (χ1v) is 8.84. The average Bonchev–Trinajstić information content (AvgIpc) is 3.00. The number of hydrogen-bond donors (Lipinski definition) is 1. The summed E-state index contributed by atoms with van der Waals surface area (Å²) in [5.41, 5.74) is 0.172. The van der Waals surface area contributed by atoms with Crippen LogP contribution < -0.4 is 4.74 Å². The molecule has 4 nitrogen and oxygen atoms in total. The van der Waals surface area contributed by atoms with E-state index in [4.69, 9.17) is 16.3 Å². The molecular weight excluding hydrogens is 449 g/mol. The molecule has 0 atom stereocenters. The van der Waals surface area contributed by atoms with E-state index in [1.165, 1.54) is 13.1 Å². The topological polar surface area (TPSA) is 47.3 Å². The van der Waals surface area contributed by atoms with Gasteiger partial charge >= 0.3 is 6.18 Å². The number of phenols is 1.